The minimum absolute atomic E-state index is 0.0201. The van der Waals surface area contributed by atoms with Gasteiger partial charge in [0.05, 0.1) is 0 Å². The topological polar surface area (TPSA) is 66.9 Å². The molecule has 1 amide bonds. The Hall–Kier alpha value is -2.43. The van der Waals surface area contributed by atoms with Gasteiger partial charge < -0.3 is 10.6 Å². The first-order chi connectivity index (χ1) is 12.8. The molecule has 1 heterocycles. The highest BCUT2D eigenvalue weighted by Gasteiger charge is 2.14. The molecule has 0 atom stereocenters. The van der Waals surface area contributed by atoms with E-state index in [0.717, 1.165) is 30.5 Å². The molecule has 1 aromatic carbocycles. The van der Waals surface area contributed by atoms with Crippen molar-refractivity contribution in [2.45, 2.75) is 57.9 Å². The van der Waals surface area contributed by atoms with Crippen LogP contribution in [0.1, 0.15) is 62.2 Å². The van der Waals surface area contributed by atoms with Crippen molar-refractivity contribution in [3.63, 3.8) is 0 Å². The van der Waals surface area contributed by atoms with Gasteiger partial charge in [0, 0.05) is 36.1 Å². The van der Waals surface area contributed by atoms with E-state index in [9.17, 15) is 4.79 Å². The maximum Gasteiger partial charge on any atom is 0.251 e. The third-order valence-corrected chi connectivity index (χ3v) is 4.89. The summed E-state index contributed by atoms with van der Waals surface area (Å²) in [5, 5.41) is 6.37. The van der Waals surface area contributed by atoms with Crippen LogP contribution in [0.4, 0.5) is 5.95 Å². The van der Waals surface area contributed by atoms with Crippen LogP contribution in [-0.4, -0.2) is 28.5 Å². The molecule has 0 bridgehead atoms. The molecule has 5 nitrogen and oxygen atoms in total. The normalized spacial score (nSPS) is 14.8. The number of unbranched alkanes of at least 4 members (excludes halogenated alkanes) is 1. The molecule has 0 saturated heterocycles. The largest absolute Gasteiger partial charge is 0.352 e. The number of carbonyl (C=O) groups is 1. The first kappa shape index (κ1) is 18.4. The van der Waals surface area contributed by atoms with E-state index >= 15 is 0 Å². The Labute approximate surface area is 155 Å². The average molecular weight is 352 g/mol. The van der Waals surface area contributed by atoms with Gasteiger partial charge in [0.2, 0.25) is 5.95 Å². The highest BCUT2D eigenvalue weighted by atomic mass is 16.1. The summed E-state index contributed by atoms with van der Waals surface area (Å²) >= 11 is 0. The number of benzene rings is 1. The zero-order valence-corrected chi connectivity index (χ0v) is 15.5. The number of anilines is 1. The molecule has 138 valence electrons. The SMILES string of the molecule is CCCCNC(=O)c1ccc(-c2cnc(NC3CCCCC3)nc2)cc1. The lowest BCUT2D eigenvalue weighted by molar-refractivity contribution is 0.0953. The van der Waals surface area contributed by atoms with Gasteiger partial charge in [-0.2, -0.15) is 0 Å². The molecule has 2 aromatic rings. The van der Waals surface area contributed by atoms with Crippen LogP contribution in [0.2, 0.25) is 0 Å². The fourth-order valence-electron chi connectivity index (χ4n) is 3.28. The molecule has 5 heteroatoms. The van der Waals surface area contributed by atoms with E-state index in [1.54, 1.807) is 0 Å². The van der Waals surface area contributed by atoms with Crippen LogP contribution < -0.4 is 10.6 Å². The molecule has 0 aliphatic heterocycles. The van der Waals surface area contributed by atoms with E-state index in [1.807, 2.05) is 36.7 Å². The predicted molar refractivity (Wildman–Crippen MR) is 105 cm³/mol. The van der Waals surface area contributed by atoms with Crippen molar-refractivity contribution < 1.29 is 4.79 Å². The van der Waals surface area contributed by atoms with Crippen molar-refractivity contribution >= 4 is 11.9 Å². The lowest BCUT2D eigenvalue weighted by atomic mass is 9.96. The van der Waals surface area contributed by atoms with Gasteiger partial charge in [0.25, 0.3) is 5.91 Å². The van der Waals surface area contributed by atoms with Gasteiger partial charge in [-0.05, 0) is 37.0 Å². The summed E-state index contributed by atoms with van der Waals surface area (Å²) in [7, 11) is 0. The zero-order valence-electron chi connectivity index (χ0n) is 15.5. The Kier molecular flexibility index (Phi) is 6.58. The first-order valence-electron chi connectivity index (χ1n) is 9.73. The van der Waals surface area contributed by atoms with Crippen LogP contribution in [0.15, 0.2) is 36.7 Å². The standard InChI is InChI=1S/C21H28N4O/c1-2-3-13-22-20(26)17-11-9-16(10-12-17)18-14-23-21(24-15-18)25-19-7-5-4-6-8-19/h9-12,14-15,19H,2-8,13H2,1H3,(H,22,26)(H,23,24,25). The van der Waals surface area contributed by atoms with E-state index < -0.39 is 0 Å². The quantitative estimate of drug-likeness (QED) is 0.724. The monoisotopic (exact) mass is 352 g/mol. The van der Waals surface area contributed by atoms with Crippen LogP contribution in [0.5, 0.6) is 0 Å². The maximum absolute atomic E-state index is 12.1. The number of nitrogens with one attached hydrogen (secondary N) is 2. The second-order valence-electron chi connectivity index (χ2n) is 6.96. The molecule has 3 rings (SSSR count). The van der Waals surface area contributed by atoms with E-state index in [0.29, 0.717) is 17.6 Å². The van der Waals surface area contributed by atoms with Crippen molar-refractivity contribution in [2.75, 3.05) is 11.9 Å². The Bertz CT molecular complexity index is 691. The smallest absolute Gasteiger partial charge is 0.251 e. The molecule has 1 aromatic heterocycles. The van der Waals surface area contributed by atoms with Crippen molar-refractivity contribution in [2.24, 2.45) is 0 Å². The summed E-state index contributed by atoms with van der Waals surface area (Å²) in [6.07, 6.45) is 12.1. The van der Waals surface area contributed by atoms with Crippen molar-refractivity contribution in [1.29, 1.82) is 0 Å². The van der Waals surface area contributed by atoms with Crippen LogP contribution >= 0.6 is 0 Å². The van der Waals surface area contributed by atoms with E-state index in [2.05, 4.69) is 27.5 Å². The summed E-state index contributed by atoms with van der Waals surface area (Å²) < 4.78 is 0. The number of aromatic nitrogens is 2. The molecule has 0 spiro atoms. The van der Waals surface area contributed by atoms with Gasteiger partial charge in [-0.25, -0.2) is 9.97 Å². The number of rotatable bonds is 7. The Morgan fingerprint density at radius 3 is 2.38 bits per heavy atom. The van der Waals surface area contributed by atoms with Crippen molar-refractivity contribution in [3.8, 4) is 11.1 Å². The zero-order chi connectivity index (χ0) is 18.2. The molecule has 1 fully saturated rings. The second kappa shape index (κ2) is 9.32. The minimum atomic E-state index is -0.0201. The van der Waals surface area contributed by atoms with Gasteiger partial charge in [-0.3, -0.25) is 4.79 Å². The molecule has 1 aliphatic carbocycles. The minimum Gasteiger partial charge on any atom is -0.352 e. The lowest BCUT2D eigenvalue weighted by Gasteiger charge is -2.22. The molecular formula is C21H28N4O. The third kappa shape index (κ3) is 5.04. The van der Waals surface area contributed by atoms with Crippen LogP contribution in [-0.2, 0) is 0 Å². The summed E-state index contributed by atoms with van der Waals surface area (Å²) in [5.74, 6) is 0.681. The number of amides is 1. The van der Waals surface area contributed by atoms with Gasteiger partial charge in [0.15, 0.2) is 0 Å². The fourth-order valence-corrected chi connectivity index (χ4v) is 3.28. The van der Waals surface area contributed by atoms with E-state index in [1.165, 1.54) is 32.1 Å². The molecular weight excluding hydrogens is 324 g/mol. The van der Waals surface area contributed by atoms with Gasteiger partial charge in [0.1, 0.15) is 0 Å². The summed E-state index contributed by atoms with van der Waals surface area (Å²) in [6, 6.07) is 8.10. The highest BCUT2D eigenvalue weighted by Crippen LogP contribution is 2.22. The van der Waals surface area contributed by atoms with Crippen molar-refractivity contribution in [3.05, 3.63) is 42.2 Å². The van der Waals surface area contributed by atoms with Gasteiger partial charge in [-0.1, -0.05) is 44.7 Å². The second-order valence-corrected chi connectivity index (χ2v) is 6.96. The summed E-state index contributed by atoms with van der Waals surface area (Å²) in [5.41, 5.74) is 2.65. The molecule has 0 radical (unpaired) electrons. The van der Waals surface area contributed by atoms with Gasteiger partial charge >= 0.3 is 0 Å². The highest BCUT2D eigenvalue weighted by molar-refractivity contribution is 5.94. The predicted octanol–water partition coefficient (Wildman–Crippen LogP) is 4.42. The van der Waals surface area contributed by atoms with E-state index in [4.69, 9.17) is 0 Å². The lowest BCUT2D eigenvalue weighted by Crippen LogP contribution is -2.24. The Morgan fingerprint density at radius 1 is 1.04 bits per heavy atom. The number of hydrogen-bond acceptors (Lipinski definition) is 4. The molecule has 0 unspecified atom stereocenters. The fraction of sp³-hybridized carbons (Fsp3) is 0.476. The number of nitrogens with zero attached hydrogens (tertiary/aromatic N) is 2. The van der Waals surface area contributed by atoms with Crippen LogP contribution in [0.3, 0.4) is 0 Å². The number of carbonyl (C=O) groups excluding carboxylic acids is 1. The Morgan fingerprint density at radius 2 is 1.73 bits per heavy atom. The summed E-state index contributed by atoms with van der Waals surface area (Å²) in [4.78, 5) is 21.0. The Balaban J connectivity index is 1.59. The van der Waals surface area contributed by atoms with E-state index in [-0.39, 0.29) is 5.91 Å². The number of hydrogen-bond donors (Lipinski definition) is 2. The molecule has 26 heavy (non-hydrogen) atoms. The van der Waals surface area contributed by atoms with Gasteiger partial charge in [-0.15, -0.1) is 0 Å². The summed E-state index contributed by atoms with van der Waals surface area (Å²) in [6.45, 7) is 2.83. The first-order valence-corrected chi connectivity index (χ1v) is 9.73. The molecule has 1 aliphatic rings. The van der Waals surface area contributed by atoms with Crippen LogP contribution in [0, 0.1) is 0 Å². The molecule has 2 N–H and O–H groups in total. The van der Waals surface area contributed by atoms with Crippen molar-refractivity contribution in [1.82, 2.24) is 15.3 Å². The third-order valence-electron chi connectivity index (χ3n) is 4.89. The molecule has 1 saturated carbocycles. The van der Waals surface area contributed by atoms with Crippen LogP contribution in [0.25, 0.3) is 11.1 Å². The average Bonchev–Trinajstić information content (AvgIpc) is 2.70. The maximum atomic E-state index is 12.1.